The Morgan fingerprint density at radius 1 is 1.20 bits per heavy atom. The molecule has 0 saturated heterocycles. The first-order valence-electron chi connectivity index (χ1n) is 9.38. The van der Waals surface area contributed by atoms with Gasteiger partial charge in [-0.15, -0.1) is 0 Å². The van der Waals surface area contributed by atoms with E-state index in [1.54, 1.807) is 19.1 Å². The average molecular weight is 422 g/mol. The Morgan fingerprint density at radius 3 is 2.57 bits per heavy atom. The van der Waals surface area contributed by atoms with Gasteiger partial charge in [0.25, 0.3) is 0 Å². The molecule has 1 atom stereocenters. The third-order valence-electron chi connectivity index (χ3n) is 4.85. The molecule has 4 N–H and O–H groups in total. The number of halogens is 1. The summed E-state index contributed by atoms with van der Waals surface area (Å²) >= 11 is 5.19. The van der Waals surface area contributed by atoms with E-state index in [0.29, 0.717) is 28.2 Å². The number of nitrogens with zero attached hydrogens (tertiary/aromatic N) is 1. The molecule has 0 bridgehead atoms. The molecule has 8 heteroatoms. The van der Waals surface area contributed by atoms with Crippen LogP contribution in [0.4, 0.5) is 16.0 Å². The number of nitrogens with one attached hydrogen (secondary N) is 2. The molecule has 1 aliphatic heterocycles. The fourth-order valence-electron chi connectivity index (χ4n) is 3.61. The predicted octanol–water partition coefficient (Wildman–Crippen LogP) is 4.39. The summed E-state index contributed by atoms with van der Waals surface area (Å²) in [6.07, 6.45) is 0. The minimum absolute atomic E-state index is 0.207. The van der Waals surface area contributed by atoms with Gasteiger partial charge in [-0.3, -0.25) is 0 Å². The summed E-state index contributed by atoms with van der Waals surface area (Å²) in [4.78, 5) is 20.4. The van der Waals surface area contributed by atoms with Gasteiger partial charge in [-0.2, -0.15) is 0 Å². The normalized spacial score (nSPS) is 15.3. The van der Waals surface area contributed by atoms with Crippen molar-refractivity contribution in [2.75, 3.05) is 17.7 Å². The Labute approximate surface area is 177 Å². The Kier molecular flexibility index (Phi) is 5.33. The van der Waals surface area contributed by atoms with Gasteiger partial charge in [-0.25, -0.2) is 14.2 Å². The van der Waals surface area contributed by atoms with Gasteiger partial charge in [0.2, 0.25) is 0 Å². The summed E-state index contributed by atoms with van der Waals surface area (Å²) in [6, 6.07) is 15.3. The van der Waals surface area contributed by atoms with Crippen LogP contribution in [0.15, 0.2) is 60.2 Å². The van der Waals surface area contributed by atoms with Crippen LogP contribution in [0.2, 0.25) is 0 Å². The van der Waals surface area contributed by atoms with Crippen LogP contribution in [0.5, 0.6) is 0 Å². The molecule has 4 rings (SSSR count). The molecule has 0 fully saturated rings. The zero-order valence-corrected chi connectivity index (χ0v) is 16.9. The van der Waals surface area contributed by atoms with Gasteiger partial charge in [-0.05, 0) is 42.4 Å². The molecule has 1 aromatic heterocycles. The van der Waals surface area contributed by atoms with Crippen molar-refractivity contribution in [2.24, 2.45) is 0 Å². The molecule has 3 aromatic rings. The van der Waals surface area contributed by atoms with E-state index in [1.165, 1.54) is 12.1 Å². The number of H-pyrrole nitrogens is 1. The first-order valence-corrected chi connectivity index (χ1v) is 9.79. The van der Waals surface area contributed by atoms with Crippen molar-refractivity contribution in [3.05, 3.63) is 87.4 Å². The molecule has 0 aliphatic carbocycles. The number of rotatable bonds is 4. The SMILES string of the molecule is CCOC(=O)C1=C(c2ccccc2)Nc2nc(=S)[nH]c(N)c2C1c1ccc(F)cc1. The topological polar surface area (TPSA) is 93.0 Å². The molecule has 6 nitrogen and oxygen atoms in total. The van der Waals surface area contributed by atoms with E-state index in [4.69, 9.17) is 22.7 Å². The zero-order valence-electron chi connectivity index (χ0n) is 16.1. The molecule has 0 radical (unpaired) electrons. The first-order chi connectivity index (χ1) is 14.5. The number of anilines is 2. The summed E-state index contributed by atoms with van der Waals surface area (Å²) < 4.78 is 19.2. The highest BCUT2D eigenvalue weighted by molar-refractivity contribution is 7.71. The summed E-state index contributed by atoms with van der Waals surface area (Å²) in [5, 5.41) is 3.22. The van der Waals surface area contributed by atoms with Crippen molar-refractivity contribution in [2.45, 2.75) is 12.8 Å². The monoisotopic (exact) mass is 422 g/mol. The molecule has 0 amide bonds. The van der Waals surface area contributed by atoms with Crippen molar-refractivity contribution in [1.82, 2.24) is 9.97 Å². The minimum atomic E-state index is -0.629. The molecule has 2 heterocycles. The minimum Gasteiger partial charge on any atom is -0.463 e. The molecule has 30 heavy (non-hydrogen) atoms. The summed E-state index contributed by atoms with van der Waals surface area (Å²) in [5.74, 6) is -0.782. The van der Waals surface area contributed by atoms with Gasteiger partial charge in [0.05, 0.1) is 23.8 Å². The van der Waals surface area contributed by atoms with Gasteiger partial charge in [-0.1, -0.05) is 42.5 Å². The summed E-state index contributed by atoms with van der Waals surface area (Å²) in [7, 11) is 0. The number of aromatic amines is 1. The number of ether oxygens (including phenoxy) is 1. The van der Waals surface area contributed by atoms with Gasteiger partial charge in [0.15, 0.2) is 4.77 Å². The smallest absolute Gasteiger partial charge is 0.337 e. The predicted molar refractivity (Wildman–Crippen MR) is 116 cm³/mol. The lowest BCUT2D eigenvalue weighted by molar-refractivity contribution is -0.138. The molecule has 1 unspecified atom stereocenters. The van der Waals surface area contributed by atoms with Crippen LogP contribution in [0.25, 0.3) is 5.70 Å². The number of benzene rings is 2. The van der Waals surface area contributed by atoms with Crippen molar-refractivity contribution in [3.63, 3.8) is 0 Å². The fraction of sp³-hybridized carbons (Fsp3) is 0.136. The van der Waals surface area contributed by atoms with Crippen LogP contribution in [-0.2, 0) is 9.53 Å². The van der Waals surface area contributed by atoms with Gasteiger partial charge < -0.3 is 20.8 Å². The maximum atomic E-state index is 13.6. The molecular weight excluding hydrogens is 403 g/mol. The fourth-order valence-corrected chi connectivity index (χ4v) is 3.81. The quantitative estimate of drug-likeness (QED) is 0.427. The van der Waals surface area contributed by atoms with Crippen LogP contribution in [0.1, 0.15) is 29.5 Å². The lowest BCUT2D eigenvalue weighted by Crippen LogP contribution is -2.27. The van der Waals surface area contributed by atoms with Crippen molar-refractivity contribution >= 4 is 35.5 Å². The van der Waals surface area contributed by atoms with Gasteiger partial charge in [0.1, 0.15) is 17.5 Å². The summed E-state index contributed by atoms with van der Waals surface area (Å²) in [5.41, 5.74) is 9.18. The van der Waals surface area contributed by atoms with E-state index in [0.717, 1.165) is 5.56 Å². The van der Waals surface area contributed by atoms with Crippen molar-refractivity contribution in [3.8, 4) is 0 Å². The third-order valence-corrected chi connectivity index (χ3v) is 5.04. The number of nitrogens with two attached hydrogens (primary N) is 1. The van der Waals surface area contributed by atoms with Crippen molar-refractivity contribution < 1.29 is 13.9 Å². The number of hydrogen-bond donors (Lipinski definition) is 3. The number of hydrogen-bond acceptors (Lipinski definition) is 6. The Bertz CT molecular complexity index is 1190. The lowest BCUT2D eigenvalue weighted by atomic mass is 9.80. The van der Waals surface area contributed by atoms with E-state index >= 15 is 0 Å². The maximum absolute atomic E-state index is 13.6. The molecular formula is C22H19FN4O2S. The van der Waals surface area contributed by atoms with E-state index in [9.17, 15) is 9.18 Å². The molecule has 152 valence electrons. The lowest BCUT2D eigenvalue weighted by Gasteiger charge is -2.31. The van der Waals surface area contributed by atoms with E-state index in [-0.39, 0.29) is 23.0 Å². The highest BCUT2D eigenvalue weighted by atomic mass is 32.1. The number of carbonyl (C=O) groups is 1. The average Bonchev–Trinajstić information content (AvgIpc) is 2.73. The Morgan fingerprint density at radius 2 is 1.90 bits per heavy atom. The molecule has 0 saturated carbocycles. The second kappa shape index (κ2) is 8.08. The van der Waals surface area contributed by atoms with Crippen LogP contribution in [-0.4, -0.2) is 22.5 Å². The second-order valence-electron chi connectivity index (χ2n) is 6.70. The van der Waals surface area contributed by atoms with Crippen LogP contribution < -0.4 is 11.1 Å². The Balaban J connectivity index is 2.05. The number of fused-ring (bicyclic) bond motifs is 1. The van der Waals surface area contributed by atoms with Gasteiger partial charge >= 0.3 is 5.97 Å². The third kappa shape index (κ3) is 3.57. The molecule has 0 spiro atoms. The molecule has 1 aliphatic rings. The largest absolute Gasteiger partial charge is 0.463 e. The van der Waals surface area contributed by atoms with E-state index in [1.807, 2.05) is 30.3 Å². The maximum Gasteiger partial charge on any atom is 0.337 e. The Hall–Kier alpha value is -3.52. The van der Waals surface area contributed by atoms with E-state index < -0.39 is 11.9 Å². The highest BCUT2D eigenvalue weighted by Crippen LogP contribution is 2.45. The number of carbonyl (C=O) groups excluding carboxylic acids is 1. The number of nitrogen functional groups attached to an aromatic ring is 1. The first kappa shape index (κ1) is 19.8. The van der Waals surface area contributed by atoms with Crippen LogP contribution in [0.3, 0.4) is 0 Å². The van der Waals surface area contributed by atoms with Gasteiger partial charge in [0, 0.05) is 5.56 Å². The standard InChI is InChI=1S/C22H19FN4O2S/c1-2-29-21(28)16-15(12-8-10-14(23)11-9-12)17-19(24)26-22(30)27-20(17)25-18(16)13-6-4-3-5-7-13/h3-11,15H,2H2,1H3,(H4,24,25,26,27,30). The number of aromatic nitrogens is 2. The second-order valence-corrected chi connectivity index (χ2v) is 7.09. The van der Waals surface area contributed by atoms with Crippen LogP contribution in [0, 0.1) is 10.6 Å². The summed E-state index contributed by atoms with van der Waals surface area (Å²) in [6.45, 7) is 1.95. The molecule has 2 aromatic carbocycles. The van der Waals surface area contributed by atoms with Crippen molar-refractivity contribution in [1.29, 1.82) is 0 Å². The highest BCUT2D eigenvalue weighted by Gasteiger charge is 2.37. The zero-order chi connectivity index (χ0) is 21.3. The van der Waals surface area contributed by atoms with E-state index in [2.05, 4.69) is 15.3 Å². The number of esters is 1. The van der Waals surface area contributed by atoms with Crippen LogP contribution >= 0.6 is 12.2 Å².